The van der Waals surface area contributed by atoms with E-state index >= 15 is 0 Å². The Kier molecular flexibility index (Phi) is 5.02. The van der Waals surface area contributed by atoms with Crippen molar-refractivity contribution in [2.24, 2.45) is 5.92 Å². The zero-order valence-electron chi connectivity index (χ0n) is 13.1. The molecule has 0 spiro atoms. The normalized spacial score (nSPS) is 18.9. The zero-order chi connectivity index (χ0) is 16.1. The number of hydrogen-bond acceptors (Lipinski definition) is 4. The second-order valence-electron chi connectivity index (χ2n) is 6.15. The van der Waals surface area contributed by atoms with Crippen LogP contribution >= 0.6 is 0 Å². The Morgan fingerprint density at radius 3 is 2.91 bits per heavy atom. The van der Waals surface area contributed by atoms with Crippen LogP contribution in [0.2, 0.25) is 0 Å². The molecule has 0 radical (unpaired) electrons. The summed E-state index contributed by atoms with van der Waals surface area (Å²) in [6, 6.07) is 10.00. The van der Waals surface area contributed by atoms with Crippen LogP contribution in [0, 0.1) is 5.92 Å². The molecule has 1 aliphatic rings. The van der Waals surface area contributed by atoms with Crippen LogP contribution in [0.4, 0.5) is 0 Å². The van der Waals surface area contributed by atoms with Crippen LogP contribution in [0.5, 0.6) is 0 Å². The molecule has 1 aromatic heterocycles. The van der Waals surface area contributed by atoms with Gasteiger partial charge in [-0.05, 0) is 43.9 Å². The van der Waals surface area contributed by atoms with Crippen molar-refractivity contribution in [3.8, 4) is 5.69 Å². The molecule has 2 heterocycles. The summed E-state index contributed by atoms with van der Waals surface area (Å²) in [7, 11) is 0. The highest BCUT2D eigenvalue weighted by atomic mass is 16.4. The van der Waals surface area contributed by atoms with E-state index in [0.29, 0.717) is 5.92 Å². The van der Waals surface area contributed by atoms with E-state index in [9.17, 15) is 4.79 Å². The molecule has 1 saturated heterocycles. The lowest BCUT2D eigenvalue weighted by molar-refractivity contribution is -0.137. The van der Waals surface area contributed by atoms with Gasteiger partial charge in [0, 0.05) is 19.5 Å². The van der Waals surface area contributed by atoms with Gasteiger partial charge < -0.3 is 5.11 Å². The van der Waals surface area contributed by atoms with E-state index in [2.05, 4.69) is 15.2 Å². The first kappa shape index (κ1) is 15.7. The average Bonchev–Trinajstić information content (AvgIpc) is 3.02. The summed E-state index contributed by atoms with van der Waals surface area (Å²) in [6.07, 6.45) is 5.09. The predicted octanol–water partition coefficient (Wildman–Crippen LogP) is 2.34. The number of aromatic nitrogens is 3. The topological polar surface area (TPSA) is 71.2 Å². The van der Waals surface area contributed by atoms with Gasteiger partial charge in [0.05, 0.1) is 17.6 Å². The molecule has 2 aromatic rings. The largest absolute Gasteiger partial charge is 0.481 e. The highest BCUT2D eigenvalue weighted by Crippen LogP contribution is 2.22. The minimum atomic E-state index is -0.700. The Morgan fingerprint density at radius 1 is 1.30 bits per heavy atom. The first-order valence-corrected chi connectivity index (χ1v) is 8.11. The van der Waals surface area contributed by atoms with Crippen LogP contribution in [0.3, 0.4) is 0 Å². The minimum Gasteiger partial charge on any atom is -0.481 e. The molecule has 1 unspecified atom stereocenters. The number of rotatable bonds is 6. The maximum atomic E-state index is 10.7. The number of aliphatic carboxylic acids is 1. The Hall–Kier alpha value is -2.21. The fourth-order valence-electron chi connectivity index (χ4n) is 3.24. The van der Waals surface area contributed by atoms with Gasteiger partial charge in [0.25, 0.3) is 0 Å². The lowest BCUT2D eigenvalue weighted by atomic mass is 9.93. The van der Waals surface area contributed by atoms with Crippen LogP contribution in [0.25, 0.3) is 5.69 Å². The molecule has 1 aliphatic heterocycles. The van der Waals surface area contributed by atoms with Gasteiger partial charge in [-0.2, -0.15) is 0 Å². The molecule has 0 aliphatic carbocycles. The number of carboxylic acids is 1. The molecular weight excluding hydrogens is 292 g/mol. The molecule has 3 rings (SSSR count). The van der Waals surface area contributed by atoms with Crippen molar-refractivity contribution in [2.75, 3.05) is 13.1 Å². The Labute approximate surface area is 135 Å². The third kappa shape index (κ3) is 4.16. The predicted molar refractivity (Wildman–Crippen MR) is 86.2 cm³/mol. The summed E-state index contributed by atoms with van der Waals surface area (Å²) >= 11 is 0. The summed E-state index contributed by atoms with van der Waals surface area (Å²) in [5, 5.41) is 17.1. The summed E-state index contributed by atoms with van der Waals surface area (Å²) in [4.78, 5) is 13.1. The molecule has 6 heteroatoms. The van der Waals surface area contributed by atoms with Crippen molar-refractivity contribution in [3.63, 3.8) is 0 Å². The van der Waals surface area contributed by atoms with Gasteiger partial charge in [-0.3, -0.25) is 9.69 Å². The number of carboxylic acid groups (broad SMARTS) is 1. The molecule has 0 saturated carbocycles. The molecule has 1 aromatic carbocycles. The SMILES string of the molecule is O=C(O)CCC1CCCN(Cc2cnnn2-c2ccccc2)C1. The van der Waals surface area contributed by atoms with Gasteiger partial charge in [0.15, 0.2) is 0 Å². The fourth-order valence-corrected chi connectivity index (χ4v) is 3.24. The first-order valence-electron chi connectivity index (χ1n) is 8.11. The molecular formula is C17H22N4O2. The van der Waals surface area contributed by atoms with Gasteiger partial charge >= 0.3 is 5.97 Å². The highest BCUT2D eigenvalue weighted by Gasteiger charge is 2.21. The summed E-state index contributed by atoms with van der Waals surface area (Å²) < 4.78 is 1.88. The smallest absolute Gasteiger partial charge is 0.303 e. The maximum absolute atomic E-state index is 10.7. The Bertz CT molecular complexity index is 641. The van der Waals surface area contributed by atoms with E-state index in [1.54, 1.807) is 0 Å². The number of nitrogens with zero attached hydrogens (tertiary/aromatic N) is 4. The van der Waals surface area contributed by atoms with E-state index in [0.717, 1.165) is 50.3 Å². The molecule has 23 heavy (non-hydrogen) atoms. The number of carbonyl (C=O) groups is 1. The monoisotopic (exact) mass is 314 g/mol. The van der Waals surface area contributed by atoms with E-state index in [-0.39, 0.29) is 6.42 Å². The molecule has 0 bridgehead atoms. The molecule has 1 atom stereocenters. The average molecular weight is 314 g/mol. The number of hydrogen-bond donors (Lipinski definition) is 1. The van der Waals surface area contributed by atoms with Crippen molar-refractivity contribution in [3.05, 3.63) is 42.2 Å². The standard InChI is InChI=1S/C17H22N4O2/c22-17(23)9-8-14-5-4-10-20(12-14)13-16-11-18-19-21(16)15-6-2-1-3-7-15/h1-3,6-7,11,14H,4-5,8-10,12-13H2,(H,22,23). The van der Waals surface area contributed by atoms with Crippen molar-refractivity contribution in [1.29, 1.82) is 0 Å². The first-order chi connectivity index (χ1) is 11.2. The van der Waals surface area contributed by atoms with Crippen molar-refractivity contribution in [2.45, 2.75) is 32.2 Å². The second kappa shape index (κ2) is 7.37. The summed E-state index contributed by atoms with van der Waals surface area (Å²) in [5.41, 5.74) is 2.08. The third-order valence-corrected chi connectivity index (χ3v) is 4.38. The van der Waals surface area contributed by atoms with Crippen molar-refractivity contribution >= 4 is 5.97 Å². The third-order valence-electron chi connectivity index (χ3n) is 4.38. The fraction of sp³-hybridized carbons (Fsp3) is 0.471. The van der Waals surface area contributed by atoms with Crippen LogP contribution in [-0.2, 0) is 11.3 Å². The van der Waals surface area contributed by atoms with Crippen LogP contribution < -0.4 is 0 Å². The van der Waals surface area contributed by atoms with Gasteiger partial charge in [-0.25, -0.2) is 4.68 Å². The molecule has 1 fully saturated rings. The quantitative estimate of drug-likeness (QED) is 0.886. The van der Waals surface area contributed by atoms with E-state index in [1.807, 2.05) is 41.2 Å². The van der Waals surface area contributed by atoms with Crippen LogP contribution in [-0.4, -0.2) is 44.1 Å². The maximum Gasteiger partial charge on any atom is 0.303 e. The molecule has 122 valence electrons. The van der Waals surface area contributed by atoms with Crippen LogP contribution in [0.1, 0.15) is 31.4 Å². The van der Waals surface area contributed by atoms with Crippen LogP contribution in [0.15, 0.2) is 36.5 Å². The second-order valence-corrected chi connectivity index (χ2v) is 6.15. The van der Waals surface area contributed by atoms with Crippen molar-refractivity contribution < 1.29 is 9.90 Å². The van der Waals surface area contributed by atoms with Gasteiger partial charge in [0.2, 0.25) is 0 Å². The van der Waals surface area contributed by atoms with Crippen molar-refractivity contribution in [1.82, 2.24) is 19.9 Å². The summed E-state index contributed by atoms with van der Waals surface area (Å²) in [5.74, 6) is -0.227. The van der Waals surface area contributed by atoms with E-state index < -0.39 is 5.97 Å². The molecule has 0 amide bonds. The highest BCUT2D eigenvalue weighted by molar-refractivity contribution is 5.66. The van der Waals surface area contributed by atoms with Gasteiger partial charge in [0.1, 0.15) is 0 Å². The molecule has 1 N–H and O–H groups in total. The van der Waals surface area contributed by atoms with E-state index in [4.69, 9.17) is 5.11 Å². The lowest BCUT2D eigenvalue weighted by Crippen LogP contribution is -2.35. The number of para-hydroxylation sites is 1. The Balaban J connectivity index is 1.63. The minimum absolute atomic E-state index is 0.266. The van der Waals surface area contributed by atoms with E-state index in [1.165, 1.54) is 0 Å². The van der Waals surface area contributed by atoms with Gasteiger partial charge in [-0.15, -0.1) is 5.10 Å². The number of piperidine rings is 1. The molecule has 6 nitrogen and oxygen atoms in total. The summed E-state index contributed by atoms with van der Waals surface area (Å²) in [6.45, 7) is 2.79. The van der Waals surface area contributed by atoms with Gasteiger partial charge in [-0.1, -0.05) is 23.4 Å². The Morgan fingerprint density at radius 2 is 2.13 bits per heavy atom. The number of likely N-dealkylation sites (tertiary alicyclic amines) is 1. The zero-order valence-corrected chi connectivity index (χ0v) is 13.1. The number of benzene rings is 1. The lowest BCUT2D eigenvalue weighted by Gasteiger charge is -2.32.